The smallest absolute Gasteiger partial charge is 0.250 e. The molecule has 0 aliphatic carbocycles. The Morgan fingerprint density at radius 1 is 1.19 bits per heavy atom. The minimum atomic E-state index is -0.153. The number of aromatic nitrogens is 2. The Bertz CT molecular complexity index is 773. The maximum atomic E-state index is 12.0. The number of hydrogen-bond acceptors (Lipinski definition) is 6. The highest BCUT2D eigenvalue weighted by atomic mass is 32.2. The Kier molecular flexibility index (Phi) is 7.21. The summed E-state index contributed by atoms with van der Waals surface area (Å²) in [7, 11) is 0. The molecule has 0 saturated carbocycles. The molecule has 0 radical (unpaired) electrons. The van der Waals surface area contributed by atoms with E-state index in [0.717, 1.165) is 35.3 Å². The monoisotopic (exact) mass is 383 g/mol. The molecule has 1 fully saturated rings. The molecule has 7 heteroatoms. The minimum Gasteiger partial charge on any atom is -0.341 e. The largest absolute Gasteiger partial charge is 0.341 e. The van der Waals surface area contributed by atoms with Crippen molar-refractivity contribution >= 4 is 29.8 Å². The van der Waals surface area contributed by atoms with Crippen LogP contribution in [0.15, 0.2) is 46.5 Å². The molecular formula is C20H25N5OS. The highest BCUT2D eigenvalue weighted by Crippen LogP contribution is 2.21. The first-order valence-electron chi connectivity index (χ1n) is 9.31. The molecule has 0 unspecified atom stereocenters. The van der Waals surface area contributed by atoms with Gasteiger partial charge in [-0.25, -0.2) is 15.4 Å². The first-order valence-corrected chi connectivity index (χ1v) is 10.3. The van der Waals surface area contributed by atoms with Gasteiger partial charge in [-0.15, -0.1) is 0 Å². The SMILES string of the molecule is Cc1cc(SCC(=O)NN=Cc2ccccc2)nc(N2CCCCCC2)n1. The lowest BCUT2D eigenvalue weighted by molar-refractivity contribution is -0.118. The fraction of sp³-hybridized carbons (Fsp3) is 0.400. The van der Waals surface area contributed by atoms with Crippen LogP contribution in [-0.2, 0) is 4.79 Å². The Morgan fingerprint density at radius 2 is 1.93 bits per heavy atom. The number of amides is 1. The predicted octanol–water partition coefficient (Wildman–Crippen LogP) is 3.41. The van der Waals surface area contributed by atoms with Crippen LogP contribution >= 0.6 is 11.8 Å². The summed E-state index contributed by atoms with van der Waals surface area (Å²) in [5.74, 6) is 0.892. The summed E-state index contributed by atoms with van der Waals surface area (Å²) in [5.41, 5.74) is 4.43. The molecule has 27 heavy (non-hydrogen) atoms. The quantitative estimate of drug-likeness (QED) is 0.358. The highest BCUT2D eigenvalue weighted by Gasteiger charge is 2.14. The first kappa shape index (κ1) is 19.4. The third kappa shape index (κ3) is 6.36. The Hall–Kier alpha value is -2.41. The fourth-order valence-electron chi connectivity index (χ4n) is 2.90. The zero-order valence-corrected chi connectivity index (χ0v) is 16.4. The summed E-state index contributed by atoms with van der Waals surface area (Å²) in [6.45, 7) is 3.97. The van der Waals surface area contributed by atoms with Crippen LogP contribution in [0.3, 0.4) is 0 Å². The van der Waals surface area contributed by atoms with E-state index in [1.807, 2.05) is 43.3 Å². The fourth-order valence-corrected chi connectivity index (χ4v) is 3.64. The molecule has 0 atom stereocenters. The number of anilines is 1. The molecule has 1 aromatic heterocycles. The standard InChI is InChI=1S/C20H25N5OS/c1-16-13-19(23-20(22-16)25-11-7-2-3-8-12-25)27-15-18(26)24-21-14-17-9-5-4-6-10-17/h4-6,9-10,13-14H,2-3,7-8,11-12,15H2,1H3,(H,24,26). The predicted molar refractivity (Wildman–Crippen MR) is 110 cm³/mol. The molecule has 1 saturated heterocycles. The van der Waals surface area contributed by atoms with Crippen molar-refractivity contribution in [1.29, 1.82) is 0 Å². The van der Waals surface area contributed by atoms with Gasteiger partial charge in [0.05, 0.1) is 12.0 Å². The van der Waals surface area contributed by atoms with Crippen LogP contribution in [0, 0.1) is 6.92 Å². The van der Waals surface area contributed by atoms with Gasteiger partial charge in [-0.2, -0.15) is 5.10 Å². The number of aryl methyl sites for hydroxylation is 1. The molecular weight excluding hydrogens is 358 g/mol. The summed E-state index contributed by atoms with van der Waals surface area (Å²) in [6.07, 6.45) is 6.54. The van der Waals surface area contributed by atoms with Crippen LogP contribution in [0.25, 0.3) is 0 Å². The summed E-state index contributed by atoms with van der Waals surface area (Å²) >= 11 is 1.41. The van der Waals surface area contributed by atoms with Gasteiger partial charge in [-0.1, -0.05) is 54.9 Å². The second-order valence-electron chi connectivity index (χ2n) is 6.54. The number of rotatable bonds is 6. The van der Waals surface area contributed by atoms with Gasteiger partial charge in [-0.3, -0.25) is 4.79 Å². The van der Waals surface area contributed by atoms with E-state index in [1.54, 1.807) is 6.21 Å². The number of thioether (sulfide) groups is 1. The minimum absolute atomic E-state index is 0.153. The Labute approximate surface area is 164 Å². The number of benzene rings is 1. The molecule has 2 aromatic rings. The van der Waals surface area contributed by atoms with Gasteiger partial charge in [0.1, 0.15) is 5.03 Å². The zero-order valence-electron chi connectivity index (χ0n) is 15.6. The molecule has 2 heterocycles. The van der Waals surface area contributed by atoms with Crippen LogP contribution in [0.1, 0.15) is 36.9 Å². The van der Waals surface area contributed by atoms with Crippen molar-refractivity contribution < 1.29 is 4.79 Å². The number of hydrazone groups is 1. The summed E-state index contributed by atoms with van der Waals surface area (Å²) in [4.78, 5) is 23.5. The maximum Gasteiger partial charge on any atom is 0.250 e. The highest BCUT2D eigenvalue weighted by molar-refractivity contribution is 7.99. The molecule has 1 amide bonds. The molecule has 1 aliphatic rings. The summed E-state index contributed by atoms with van der Waals surface area (Å²) < 4.78 is 0. The molecule has 0 spiro atoms. The third-order valence-corrected chi connectivity index (χ3v) is 5.17. The molecule has 1 N–H and O–H groups in total. The van der Waals surface area contributed by atoms with E-state index < -0.39 is 0 Å². The van der Waals surface area contributed by atoms with Crippen LogP contribution < -0.4 is 10.3 Å². The third-order valence-electron chi connectivity index (χ3n) is 4.26. The van der Waals surface area contributed by atoms with Gasteiger partial charge < -0.3 is 4.90 Å². The zero-order chi connectivity index (χ0) is 18.9. The lowest BCUT2D eigenvalue weighted by Gasteiger charge is -2.20. The average Bonchev–Trinajstić information content (AvgIpc) is 2.96. The molecule has 6 nitrogen and oxygen atoms in total. The molecule has 142 valence electrons. The van der Waals surface area contributed by atoms with Crippen LogP contribution in [-0.4, -0.2) is 40.9 Å². The number of carbonyl (C=O) groups excluding carboxylic acids is 1. The van der Waals surface area contributed by atoms with E-state index in [-0.39, 0.29) is 11.7 Å². The molecule has 3 rings (SSSR count). The lowest BCUT2D eigenvalue weighted by atomic mass is 10.2. The summed E-state index contributed by atoms with van der Waals surface area (Å²) in [5, 5.41) is 4.82. The van der Waals surface area contributed by atoms with E-state index in [0.29, 0.717) is 0 Å². The van der Waals surface area contributed by atoms with Gasteiger partial charge in [0.2, 0.25) is 11.9 Å². The number of nitrogens with zero attached hydrogens (tertiary/aromatic N) is 4. The van der Waals surface area contributed by atoms with E-state index >= 15 is 0 Å². The second kappa shape index (κ2) is 10.1. The van der Waals surface area contributed by atoms with Gasteiger partial charge in [-0.05, 0) is 31.4 Å². The molecule has 1 aliphatic heterocycles. The van der Waals surface area contributed by atoms with E-state index in [9.17, 15) is 4.79 Å². The van der Waals surface area contributed by atoms with Gasteiger partial charge >= 0.3 is 0 Å². The maximum absolute atomic E-state index is 12.0. The van der Waals surface area contributed by atoms with Gasteiger partial charge in [0.15, 0.2) is 0 Å². The number of carbonyl (C=O) groups is 1. The van der Waals surface area contributed by atoms with E-state index in [1.165, 1.54) is 37.4 Å². The second-order valence-corrected chi connectivity index (χ2v) is 7.54. The van der Waals surface area contributed by atoms with Crippen molar-refractivity contribution in [3.05, 3.63) is 47.7 Å². The van der Waals surface area contributed by atoms with E-state index in [2.05, 4.69) is 25.4 Å². The van der Waals surface area contributed by atoms with Gasteiger partial charge in [0, 0.05) is 18.8 Å². The molecule has 1 aromatic carbocycles. The normalized spacial score (nSPS) is 14.9. The Balaban J connectivity index is 1.54. The number of hydrogen-bond donors (Lipinski definition) is 1. The Morgan fingerprint density at radius 3 is 2.67 bits per heavy atom. The lowest BCUT2D eigenvalue weighted by Crippen LogP contribution is -2.26. The van der Waals surface area contributed by atoms with Crippen molar-refractivity contribution in [2.24, 2.45) is 5.10 Å². The topological polar surface area (TPSA) is 70.5 Å². The van der Waals surface area contributed by atoms with Crippen LogP contribution in [0.4, 0.5) is 5.95 Å². The molecule has 0 bridgehead atoms. The first-order chi connectivity index (χ1) is 13.2. The van der Waals surface area contributed by atoms with Crippen molar-refractivity contribution in [3.8, 4) is 0 Å². The van der Waals surface area contributed by atoms with Crippen molar-refractivity contribution in [3.63, 3.8) is 0 Å². The summed E-state index contributed by atoms with van der Waals surface area (Å²) in [6, 6.07) is 11.6. The van der Waals surface area contributed by atoms with Crippen molar-refractivity contribution in [2.75, 3.05) is 23.7 Å². The average molecular weight is 384 g/mol. The van der Waals surface area contributed by atoms with Crippen molar-refractivity contribution in [2.45, 2.75) is 37.6 Å². The van der Waals surface area contributed by atoms with Gasteiger partial charge in [0.25, 0.3) is 0 Å². The van der Waals surface area contributed by atoms with Crippen LogP contribution in [0.5, 0.6) is 0 Å². The number of nitrogens with one attached hydrogen (secondary N) is 1. The van der Waals surface area contributed by atoms with E-state index in [4.69, 9.17) is 0 Å². The van der Waals surface area contributed by atoms with Crippen molar-refractivity contribution in [1.82, 2.24) is 15.4 Å². The van der Waals surface area contributed by atoms with Crippen LogP contribution in [0.2, 0.25) is 0 Å².